The summed E-state index contributed by atoms with van der Waals surface area (Å²) in [5.74, 6) is 0. The van der Waals surface area contributed by atoms with E-state index in [4.69, 9.17) is 33.7 Å². The van der Waals surface area contributed by atoms with Gasteiger partial charge in [0.15, 0.2) is 0 Å². The molecule has 102 valence electrons. The number of hydrogen-bond acceptors (Lipinski definition) is 3. The second-order valence-corrected chi connectivity index (χ2v) is 4.86. The van der Waals surface area contributed by atoms with Crippen molar-refractivity contribution >= 4 is 23.2 Å². The van der Waals surface area contributed by atoms with E-state index in [-0.39, 0.29) is 6.04 Å². The van der Waals surface area contributed by atoms with Crippen molar-refractivity contribution in [3.8, 4) is 0 Å². The van der Waals surface area contributed by atoms with Crippen LogP contribution in [0.4, 0.5) is 0 Å². The Hall–Kier alpha value is -0.320. The van der Waals surface area contributed by atoms with Gasteiger partial charge in [-0.2, -0.15) is 0 Å². The number of hydrogen-bond donors (Lipinski definition) is 1. The summed E-state index contributed by atoms with van der Waals surface area (Å²) in [7, 11) is 1.70. The minimum Gasteiger partial charge on any atom is -0.383 e. The summed E-state index contributed by atoms with van der Waals surface area (Å²) in [4.78, 5) is 2.27. The number of rotatable bonds is 7. The van der Waals surface area contributed by atoms with Gasteiger partial charge in [-0.25, -0.2) is 0 Å². The molecule has 2 N–H and O–H groups in total. The topological polar surface area (TPSA) is 38.5 Å². The zero-order chi connectivity index (χ0) is 13.5. The molecule has 0 spiro atoms. The Morgan fingerprint density at radius 3 is 2.56 bits per heavy atom. The number of halogens is 2. The lowest BCUT2D eigenvalue weighted by molar-refractivity contribution is 0.125. The molecule has 1 aromatic rings. The maximum Gasteiger partial charge on any atom is 0.0595 e. The molecule has 0 aliphatic carbocycles. The van der Waals surface area contributed by atoms with Crippen LogP contribution in [0.1, 0.15) is 18.5 Å². The molecular weight excluding hydrogens is 271 g/mol. The largest absolute Gasteiger partial charge is 0.383 e. The summed E-state index contributed by atoms with van der Waals surface area (Å²) in [6.07, 6.45) is 0. The average Bonchev–Trinajstić information content (AvgIpc) is 2.38. The number of nitrogens with two attached hydrogens (primary N) is 1. The molecule has 0 amide bonds. The van der Waals surface area contributed by atoms with Crippen LogP contribution in [0.25, 0.3) is 0 Å². The number of likely N-dealkylation sites (N-methyl/N-ethyl adjacent to an activating group) is 1. The van der Waals surface area contributed by atoms with Crippen LogP contribution < -0.4 is 5.73 Å². The van der Waals surface area contributed by atoms with E-state index >= 15 is 0 Å². The van der Waals surface area contributed by atoms with Gasteiger partial charge in [-0.05, 0) is 24.2 Å². The molecule has 1 atom stereocenters. The smallest absolute Gasteiger partial charge is 0.0595 e. The summed E-state index contributed by atoms with van der Waals surface area (Å²) in [5, 5.41) is 1.13. The fourth-order valence-corrected chi connectivity index (χ4v) is 2.27. The predicted molar refractivity (Wildman–Crippen MR) is 77.4 cm³/mol. The second kappa shape index (κ2) is 7.97. The fraction of sp³-hybridized carbons (Fsp3) is 0.538. The molecule has 1 aromatic carbocycles. The second-order valence-electron chi connectivity index (χ2n) is 4.05. The Morgan fingerprint density at radius 1 is 1.33 bits per heavy atom. The summed E-state index contributed by atoms with van der Waals surface area (Å²) < 4.78 is 5.12. The van der Waals surface area contributed by atoms with Gasteiger partial charge < -0.3 is 10.5 Å². The first-order valence-corrected chi connectivity index (χ1v) is 6.77. The van der Waals surface area contributed by atoms with Gasteiger partial charge in [0.2, 0.25) is 0 Å². The van der Waals surface area contributed by atoms with Crippen LogP contribution in [0.15, 0.2) is 18.2 Å². The van der Waals surface area contributed by atoms with E-state index in [1.807, 2.05) is 18.2 Å². The maximum absolute atomic E-state index is 6.05. The lowest BCUT2D eigenvalue weighted by Crippen LogP contribution is -2.36. The van der Waals surface area contributed by atoms with Gasteiger partial charge >= 0.3 is 0 Å². The van der Waals surface area contributed by atoms with E-state index in [1.165, 1.54) is 0 Å². The molecule has 3 nitrogen and oxygen atoms in total. The van der Waals surface area contributed by atoms with Crippen molar-refractivity contribution in [1.29, 1.82) is 0 Å². The van der Waals surface area contributed by atoms with Crippen molar-refractivity contribution in [3.05, 3.63) is 33.8 Å². The van der Waals surface area contributed by atoms with Gasteiger partial charge in [-0.3, -0.25) is 4.90 Å². The highest BCUT2D eigenvalue weighted by molar-refractivity contribution is 6.42. The molecule has 0 heterocycles. The van der Waals surface area contributed by atoms with Crippen LogP contribution in [-0.4, -0.2) is 38.3 Å². The molecular formula is C13H20Cl2N2O. The van der Waals surface area contributed by atoms with Crippen LogP contribution in [0.2, 0.25) is 10.0 Å². The van der Waals surface area contributed by atoms with Crippen LogP contribution in [0.5, 0.6) is 0 Å². The minimum atomic E-state index is 0.139. The highest BCUT2D eigenvalue weighted by Gasteiger charge is 2.18. The molecule has 1 rings (SSSR count). The van der Waals surface area contributed by atoms with E-state index in [9.17, 15) is 0 Å². The molecule has 18 heavy (non-hydrogen) atoms. The van der Waals surface area contributed by atoms with E-state index in [2.05, 4.69) is 11.8 Å². The third-order valence-electron chi connectivity index (χ3n) is 2.98. The summed E-state index contributed by atoms with van der Waals surface area (Å²) in [6, 6.07) is 5.81. The van der Waals surface area contributed by atoms with Gasteiger partial charge in [0.25, 0.3) is 0 Å². The monoisotopic (exact) mass is 290 g/mol. The van der Waals surface area contributed by atoms with Gasteiger partial charge in [-0.15, -0.1) is 0 Å². The first kappa shape index (κ1) is 15.7. The molecule has 0 aliphatic rings. The molecule has 0 aromatic heterocycles. The number of nitrogens with zero attached hydrogens (tertiary/aromatic N) is 1. The van der Waals surface area contributed by atoms with Crippen molar-refractivity contribution in [2.75, 3.05) is 33.4 Å². The van der Waals surface area contributed by atoms with Gasteiger partial charge in [0, 0.05) is 26.2 Å². The van der Waals surface area contributed by atoms with Crippen molar-refractivity contribution in [2.24, 2.45) is 5.73 Å². The van der Waals surface area contributed by atoms with Crippen molar-refractivity contribution in [3.63, 3.8) is 0 Å². The van der Waals surface area contributed by atoms with Crippen LogP contribution >= 0.6 is 23.2 Å². The summed E-state index contributed by atoms with van der Waals surface area (Å²) in [6.45, 7) is 5.08. The number of benzene rings is 1. The standard InChI is InChI=1S/C13H20Cl2N2O/c1-3-17(6-7-18-2)13(9-16)10-4-5-11(14)12(15)8-10/h4-5,8,13H,3,6-7,9,16H2,1-2H3. The summed E-state index contributed by atoms with van der Waals surface area (Å²) in [5.41, 5.74) is 6.97. The highest BCUT2D eigenvalue weighted by Crippen LogP contribution is 2.27. The third kappa shape index (κ3) is 4.11. The molecule has 5 heteroatoms. The highest BCUT2D eigenvalue weighted by atomic mass is 35.5. The Bertz CT molecular complexity index is 374. The van der Waals surface area contributed by atoms with Crippen molar-refractivity contribution in [1.82, 2.24) is 4.90 Å². The van der Waals surface area contributed by atoms with Crippen molar-refractivity contribution in [2.45, 2.75) is 13.0 Å². The fourth-order valence-electron chi connectivity index (χ4n) is 1.96. The van der Waals surface area contributed by atoms with Crippen molar-refractivity contribution < 1.29 is 4.74 Å². The maximum atomic E-state index is 6.05. The van der Waals surface area contributed by atoms with E-state index < -0.39 is 0 Å². The summed E-state index contributed by atoms with van der Waals surface area (Å²) >= 11 is 12.0. The SMILES string of the molecule is CCN(CCOC)C(CN)c1ccc(Cl)c(Cl)c1. The molecule has 0 radical (unpaired) electrons. The molecule has 0 aliphatic heterocycles. The zero-order valence-corrected chi connectivity index (χ0v) is 12.3. The lowest BCUT2D eigenvalue weighted by Gasteiger charge is -2.30. The quantitative estimate of drug-likeness (QED) is 0.839. The zero-order valence-electron chi connectivity index (χ0n) is 10.8. The van der Waals surface area contributed by atoms with Gasteiger partial charge in [0.05, 0.1) is 16.7 Å². The Balaban J connectivity index is 2.88. The molecule has 0 fully saturated rings. The Morgan fingerprint density at radius 2 is 2.06 bits per heavy atom. The minimum absolute atomic E-state index is 0.139. The first-order valence-electron chi connectivity index (χ1n) is 6.02. The number of methoxy groups -OCH3 is 1. The molecule has 1 unspecified atom stereocenters. The number of ether oxygens (including phenoxy) is 1. The van der Waals surface area contributed by atoms with Crippen LogP contribution in [0.3, 0.4) is 0 Å². The lowest BCUT2D eigenvalue weighted by atomic mass is 10.1. The van der Waals surface area contributed by atoms with Crippen LogP contribution in [0, 0.1) is 0 Å². The third-order valence-corrected chi connectivity index (χ3v) is 3.72. The molecule has 0 bridgehead atoms. The Labute approximate surface area is 119 Å². The van der Waals surface area contributed by atoms with Crippen LogP contribution in [-0.2, 0) is 4.74 Å². The first-order chi connectivity index (χ1) is 8.63. The van der Waals surface area contributed by atoms with E-state index in [0.717, 1.165) is 18.7 Å². The van der Waals surface area contributed by atoms with E-state index in [1.54, 1.807) is 7.11 Å². The van der Waals surface area contributed by atoms with Gasteiger partial charge in [0.1, 0.15) is 0 Å². The predicted octanol–water partition coefficient (Wildman–Crippen LogP) is 2.96. The normalized spacial score (nSPS) is 13.0. The van der Waals surface area contributed by atoms with Gasteiger partial charge in [-0.1, -0.05) is 36.2 Å². The molecule has 0 saturated carbocycles. The average molecular weight is 291 g/mol. The molecule has 0 saturated heterocycles. The van der Waals surface area contributed by atoms with E-state index in [0.29, 0.717) is 23.2 Å². The Kier molecular flexibility index (Phi) is 6.97.